The molecule has 1 aromatic carbocycles. The normalized spacial score (nSPS) is 11.9. The number of phenols is 1. The fourth-order valence-corrected chi connectivity index (χ4v) is 1.80. The molecule has 1 rings (SSSR count). The van der Waals surface area contributed by atoms with Gasteiger partial charge >= 0.3 is 0 Å². The molecule has 0 aliphatic heterocycles. The molecule has 1 unspecified atom stereocenters. The predicted octanol–water partition coefficient (Wildman–Crippen LogP) is 2.92. The fourth-order valence-electron chi connectivity index (χ4n) is 1.80. The summed E-state index contributed by atoms with van der Waals surface area (Å²) in [4.78, 5) is 11.7. The highest BCUT2D eigenvalue weighted by atomic mass is 35.5. The smallest absolute Gasteiger partial charge is 0.225 e. The van der Waals surface area contributed by atoms with Crippen molar-refractivity contribution in [3.8, 4) is 5.75 Å². The molecule has 1 atom stereocenters. The van der Waals surface area contributed by atoms with Gasteiger partial charge in [-0.1, -0.05) is 13.8 Å². The molecule has 4 N–H and O–H groups in total. The summed E-state index contributed by atoms with van der Waals surface area (Å²) in [5, 5.41) is 12.7. The number of benzene rings is 1. The number of rotatable bonds is 4. The lowest BCUT2D eigenvalue weighted by Gasteiger charge is -2.15. The van der Waals surface area contributed by atoms with Crippen molar-refractivity contribution in [1.82, 2.24) is 0 Å². The van der Waals surface area contributed by atoms with Crippen molar-refractivity contribution < 1.29 is 9.90 Å². The summed E-state index contributed by atoms with van der Waals surface area (Å²) in [6.45, 7) is 7.64. The molecule has 19 heavy (non-hydrogen) atoms. The topological polar surface area (TPSA) is 75.3 Å². The summed E-state index contributed by atoms with van der Waals surface area (Å²) in [6.07, 6.45) is 0.289. The van der Waals surface area contributed by atoms with E-state index >= 15 is 0 Å². The first-order chi connectivity index (χ1) is 8.31. The Morgan fingerprint density at radius 3 is 2.42 bits per heavy atom. The second kappa shape index (κ2) is 7.36. The Morgan fingerprint density at radius 1 is 1.37 bits per heavy atom. The third-order valence-corrected chi connectivity index (χ3v) is 2.78. The predicted molar refractivity (Wildman–Crippen MR) is 81.1 cm³/mol. The molecule has 0 saturated carbocycles. The summed E-state index contributed by atoms with van der Waals surface area (Å²) in [5.41, 5.74) is 8.00. The summed E-state index contributed by atoms with van der Waals surface area (Å²) in [5.74, 6) is 0.371. The van der Waals surface area contributed by atoms with Crippen molar-refractivity contribution >= 4 is 24.0 Å². The summed E-state index contributed by atoms with van der Waals surface area (Å²) >= 11 is 0. The molecule has 0 heterocycles. The van der Waals surface area contributed by atoms with Crippen molar-refractivity contribution in [3.63, 3.8) is 0 Å². The molecule has 1 aromatic rings. The van der Waals surface area contributed by atoms with Crippen LogP contribution in [0, 0.1) is 6.92 Å². The Labute approximate surface area is 120 Å². The first-order valence-corrected chi connectivity index (χ1v) is 6.20. The molecule has 0 spiro atoms. The number of hydrogen-bond donors (Lipinski definition) is 3. The minimum atomic E-state index is -0.160. The van der Waals surface area contributed by atoms with E-state index in [4.69, 9.17) is 5.73 Å². The van der Waals surface area contributed by atoms with Crippen LogP contribution in [0.3, 0.4) is 0 Å². The summed E-state index contributed by atoms with van der Waals surface area (Å²) in [6, 6.07) is 3.35. The first kappa shape index (κ1) is 17.7. The zero-order valence-electron chi connectivity index (χ0n) is 11.9. The van der Waals surface area contributed by atoms with Gasteiger partial charge in [-0.05, 0) is 43.0 Å². The summed E-state index contributed by atoms with van der Waals surface area (Å²) < 4.78 is 0. The van der Waals surface area contributed by atoms with E-state index in [1.165, 1.54) is 0 Å². The van der Waals surface area contributed by atoms with Crippen LogP contribution in [0.4, 0.5) is 5.69 Å². The maximum atomic E-state index is 11.7. The molecule has 0 radical (unpaired) electrons. The number of carbonyl (C=O) groups excluding carboxylic acids is 1. The molecule has 0 bridgehead atoms. The molecule has 0 fully saturated rings. The van der Waals surface area contributed by atoms with Crippen molar-refractivity contribution in [2.75, 3.05) is 5.32 Å². The zero-order valence-corrected chi connectivity index (χ0v) is 12.7. The van der Waals surface area contributed by atoms with Gasteiger partial charge in [0.25, 0.3) is 0 Å². The van der Waals surface area contributed by atoms with E-state index in [2.05, 4.69) is 5.32 Å². The largest absolute Gasteiger partial charge is 0.508 e. The minimum Gasteiger partial charge on any atom is -0.508 e. The number of aromatic hydroxyl groups is 1. The van der Waals surface area contributed by atoms with E-state index in [0.29, 0.717) is 0 Å². The maximum absolute atomic E-state index is 11.7. The van der Waals surface area contributed by atoms with Crippen LogP contribution in [0.1, 0.15) is 44.2 Å². The van der Waals surface area contributed by atoms with Crippen LogP contribution >= 0.6 is 12.4 Å². The van der Waals surface area contributed by atoms with Gasteiger partial charge in [-0.3, -0.25) is 4.79 Å². The lowest BCUT2D eigenvalue weighted by atomic mass is 9.99. The number of hydrogen-bond acceptors (Lipinski definition) is 3. The van der Waals surface area contributed by atoms with Crippen LogP contribution in [-0.4, -0.2) is 17.1 Å². The van der Waals surface area contributed by atoms with Gasteiger partial charge < -0.3 is 16.2 Å². The zero-order chi connectivity index (χ0) is 13.9. The minimum absolute atomic E-state index is 0. The molecule has 1 amide bonds. The number of phenolic OH excluding ortho intramolecular Hbond substituents is 1. The maximum Gasteiger partial charge on any atom is 0.225 e. The molecule has 108 valence electrons. The second-order valence-corrected chi connectivity index (χ2v) is 5.11. The molecule has 4 nitrogen and oxygen atoms in total. The van der Waals surface area contributed by atoms with Crippen LogP contribution in [0.15, 0.2) is 12.1 Å². The van der Waals surface area contributed by atoms with Gasteiger partial charge in [-0.2, -0.15) is 0 Å². The second-order valence-electron chi connectivity index (χ2n) is 5.11. The lowest BCUT2D eigenvalue weighted by Crippen LogP contribution is -2.24. The number of amides is 1. The number of nitrogens with two attached hydrogens (primary N) is 1. The molecule has 0 aliphatic rings. The van der Waals surface area contributed by atoms with E-state index in [0.717, 1.165) is 16.8 Å². The quantitative estimate of drug-likeness (QED) is 0.745. The van der Waals surface area contributed by atoms with Crippen LogP contribution in [0.5, 0.6) is 5.75 Å². The van der Waals surface area contributed by atoms with Gasteiger partial charge in [0, 0.05) is 18.2 Å². The average Bonchev–Trinajstić information content (AvgIpc) is 2.20. The number of halogens is 1. The summed E-state index contributed by atoms with van der Waals surface area (Å²) in [7, 11) is 0. The van der Waals surface area contributed by atoms with E-state index in [9.17, 15) is 9.90 Å². The molecule has 0 saturated heterocycles. The average molecular weight is 287 g/mol. The number of carbonyl (C=O) groups is 1. The first-order valence-electron chi connectivity index (χ1n) is 6.20. The standard InChI is InChI=1S/C14H22N2O2.ClH/c1-8(2)11-7-12(9(3)5-13(11)17)16-14(18)6-10(4)15;/h5,7-8,10,17H,6,15H2,1-4H3,(H,16,18);1H. The van der Waals surface area contributed by atoms with E-state index in [-0.39, 0.29) is 42.4 Å². The number of aryl methyl sites for hydroxylation is 1. The Hall–Kier alpha value is -1.26. The van der Waals surface area contributed by atoms with Gasteiger partial charge in [0.1, 0.15) is 5.75 Å². The Bertz CT molecular complexity index is 445. The van der Waals surface area contributed by atoms with Crippen LogP contribution in [0.2, 0.25) is 0 Å². The van der Waals surface area contributed by atoms with Gasteiger partial charge in [0.2, 0.25) is 5.91 Å². The third-order valence-electron chi connectivity index (χ3n) is 2.78. The highest BCUT2D eigenvalue weighted by Gasteiger charge is 2.12. The molecule has 5 heteroatoms. The van der Waals surface area contributed by atoms with E-state index in [1.54, 1.807) is 13.0 Å². The molecular formula is C14H23ClN2O2. The van der Waals surface area contributed by atoms with Crippen LogP contribution in [0.25, 0.3) is 0 Å². The van der Waals surface area contributed by atoms with E-state index < -0.39 is 0 Å². The molecule has 0 aliphatic carbocycles. The van der Waals surface area contributed by atoms with Gasteiger partial charge in [-0.25, -0.2) is 0 Å². The van der Waals surface area contributed by atoms with Gasteiger partial charge in [0.15, 0.2) is 0 Å². The van der Waals surface area contributed by atoms with Gasteiger partial charge in [-0.15, -0.1) is 12.4 Å². The van der Waals surface area contributed by atoms with Crippen molar-refractivity contribution in [2.45, 2.75) is 46.1 Å². The van der Waals surface area contributed by atoms with Gasteiger partial charge in [0.05, 0.1) is 0 Å². The highest BCUT2D eigenvalue weighted by Crippen LogP contribution is 2.31. The number of nitrogens with one attached hydrogen (secondary N) is 1. The highest BCUT2D eigenvalue weighted by molar-refractivity contribution is 5.92. The SMILES string of the molecule is Cc1cc(O)c(C(C)C)cc1NC(=O)CC(C)N.Cl. The van der Waals surface area contributed by atoms with Crippen LogP contribution < -0.4 is 11.1 Å². The van der Waals surface area contributed by atoms with E-state index in [1.807, 2.05) is 26.8 Å². The van der Waals surface area contributed by atoms with Crippen molar-refractivity contribution in [2.24, 2.45) is 5.73 Å². The Kier molecular flexibility index (Phi) is 6.87. The van der Waals surface area contributed by atoms with Crippen molar-refractivity contribution in [3.05, 3.63) is 23.3 Å². The Balaban J connectivity index is 0.00000324. The fraction of sp³-hybridized carbons (Fsp3) is 0.500. The molecule has 0 aromatic heterocycles. The third kappa shape index (κ3) is 5.09. The number of anilines is 1. The lowest BCUT2D eigenvalue weighted by molar-refractivity contribution is -0.116. The molecular weight excluding hydrogens is 264 g/mol. The van der Waals surface area contributed by atoms with Crippen molar-refractivity contribution in [1.29, 1.82) is 0 Å². The monoisotopic (exact) mass is 286 g/mol. The Morgan fingerprint density at radius 2 is 1.95 bits per heavy atom. The van der Waals surface area contributed by atoms with Crippen LogP contribution in [-0.2, 0) is 4.79 Å².